The molecule has 0 aromatic heterocycles. The fourth-order valence-corrected chi connectivity index (χ4v) is 2.54. The van der Waals surface area contributed by atoms with E-state index in [4.69, 9.17) is 21.3 Å². The summed E-state index contributed by atoms with van der Waals surface area (Å²) in [4.78, 5) is 0. The van der Waals surface area contributed by atoms with Crippen LogP contribution in [0.4, 0.5) is 0 Å². The van der Waals surface area contributed by atoms with E-state index in [0.29, 0.717) is 11.6 Å². The lowest BCUT2D eigenvalue weighted by Crippen LogP contribution is -2.40. The summed E-state index contributed by atoms with van der Waals surface area (Å²) in [6.45, 7) is 11.6. The lowest BCUT2D eigenvalue weighted by atomic mass is 10.1. The molecule has 4 heteroatoms. The van der Waals surface area contributed by atoms with Gasteiger partial charge in [-0.3, -0.25) is 0 Å². The minimum atomic E-state index is -1.78. The third-order valence-corrected chi connectivity index (χ3v) is 8.66. The number of nitrogens with zero attached hydrogens (tertiary/aromatic N) is 1. The SMILES string of the molecule is CC(C)(C)[Si](C)(C)OCc1cc(/C=C/C#N)ccc1Cl. The number of allylic oxidation sites excluding steroid dienone is 1. The predicted molar refractivity (Wildman–Crippen MR) is 88.1 cm³/mol. The number of halogens is 1. The van der Waals surface area contributed by atoms with Crippen LogP contribution >= 0.6 is 11.6 Å². The van der Waals surface area contributed by atoms with Gasteiger partial charge in [-0.15, -0.1) is 0 Å². The summed E-state index contributed by atoms with van der Waals surface area (Å²) < 4.78 is 6.19. The third kappa shape index (κ3) is 4.48. The second-order valence-electron chi connectivity index (χ2n) is 6.36. The first-order chi connectivity index (χ1) is 9.17. The summed E-state index contributed by atoms with van der Waals surface area (Å²) in [5.41, 5.74) is 1.93. The van der Waals surface area contributed by atoms with Crippen molar-refractivity contribution in [1.29, 1.82) is 5.26 Å². The quantitative estimate of drug-likeness (QED) is 0.551. The van der Waals surface area contributed by atoms with Crippen molar-refractivity contribution in [3.63, 3.8) is 0 Å². The van der Waals surface area contributed by atoms with Crippen molar-refractivity contribution < 1.29 is 4.43 Å². The van der Waals surface area contributed by atoms with Crippen molar-refractivity contribution in [3.05, 3.63) is 40.4 Å². The van der Waals surface area contributed by atoms with Crippen molar-refractivity contribution in [2.24, 2.45) is 0 Å². The Hall–Kier alpha value is -1.08. The fraction of sp³-hybridized carbons (Fsp3) is 0.438. The average molecular weight is 308 g/mol. The van der Waals surface area contributed by atoms with E-state index in [9.17, 15) is 0 Å². The van der Waals surface area contributed by atoms with Crippen LogP contribution in [-0.2, 0) is 11.0 Å². The maximum Gasteiger partial charge on any atom is 0.192 e. The molecule has 0 heterocycles. The molecule has 0 aliphatic heterocycles. The number of nitriles is 1. The summed E-state index contributed by atoms with van der Waals surface area (Å²) in [5.74, 6) is 0. The van der Waals surface area contributed by atoms with Crippen LogP contribution < -0.4 is 0 Å². The first-order valence-corrected chi connectivity index (χ1v) is 9.94. The molecule has 1 aromatic carbocycles. The summed E-state index contributed by atoms with van der Waals surface area (Å²) in [5, 5.41) is 9.45. The normalized spacial score (nSPS) is 12.7. The molecule has 1 rings (SSSR count). The Morgan fingerprint density at radius 3 is 2.55 bits per heavy atom. The number of benzene rings is 1. The molecule has 0 saturated heterocycles. The van der Waals surface area contributed by atoms with Gasteiger partial charge in [-0.2, -0.15) is 5.26 Å². The van der Waals surface area contributed by atoms with Crippen LogP contribution in [0.15, 0.2) is 24.3 Å². The molecule has 0 bridgehead atoms. The van der Waals surface area contributed by atoms with E-state index in [-0.39, 0.29) is 5.04 Å². The number of hydrogen-bond donors (Lipinski definition) is 0. The smallest absolute Gasteiger partial charge is 0.192 e. The molecule has 0 fully saturated rings. The Labute approximate surface area is 128 Å². The van der Waals surface area contributed by atoms with Gasteiger partial charge >= 0.3 is 0 Å². The van der Waals surface area contributed by atoms with Gasteiger partial charge in [0.05, 0.1) is 12.7 Å². The fourth-order valence-electron chi connectivity index (χ4n) is 1.42. The Morgan fingerprint density at radius 1 is 1.35 bits per heavy atom. The van der Waals surface area contributed by atoms with E-state index in [2.05, 4.69) is 33.9 Å². The molecule has 0 amide bonds. The molecule has 2 nitrogen and oxygen atoms in total. The summed E-state index contributed by atoms with van der Waals surface area (Å²) in [7, 11) is -1.78. The molecule has 0 N–H and O–H groups in total. The van der Waals surface area contributed by atoms with Crippen molar-refractivity contribution >= 4 is 26.0 Å². The highest BCUT2D eigenvalue weighted by atomic mass is 35.5. The molecule has 0 aliphatic rings. The molecule has 0 aliphatic carbocycles. The minimum Gasteiger partial charge on any atom is -0.413 e. The van der Waals surface area contributed by atoms with Crippen LogP contribution in [0, 0.1) is 11.3 Å². The monoisotopic (exact) mass is 307 g/mol. The minimum absolute atomic E-state index is 0.178. The molecule has 0 spiro atoms. The largest absolute Gasteiger partial charge is 0.413 e. The van der Waals surface area contributed by atoms with Crippen LogP contribution in [0.5, 0.6) is 0 Å². The van der Waals surface area contributed by atoms with E-state index in [1.807, 2.05) is 24.3 Å². The van der Waals surface area contributed by atoms with Gasteiger partial charge in [0.25, 0.3) is 0 Å². The molecular formula is C16H22ClNOSi. The van der Waals surface area contributed by atoms with Crippen molar-refractivity contribution in [3.8, 4) is 6.07 Å². The highest BCUT2D eigenvalue weighted by Gasteiger charge is 2.37. The molecule has 20 heavy (non-hydrogen) atoms. The Morgan fingerprint density at radius 2 is 2.00 bits per heavy atom. The van der Waals surface area contributed by atoms with Gasteiger partial charge in [0, 0.05) is 11.1 Å². The molecule has 0 radical (unpaired) electrons. The zero-order valence-corrected chi connectivity index (χ0v) is 14.6. The van der Waals surface area contributed by atoms with Crippen LogP contribution in [0.1, 0.15) is 31.9 Å². The topological polar surface area (TPSA) is 33.0 Å². The van der Waals surface area contributed by atoms with Gasteiger partial charge < -0.3 is 4.43 Å². The molecule has 0 atom stereocenters. The highest BCUT2D eigenvalue weighted by Crippen LogP contribution is 2.37. The van der Waals surface area contributed by atoms with Gasteiger partial charge in [-0.1, -0.05) is 38.4 Å². The van der Waals surface area contributed by atoms with Gasteiger partial charge in [0.2, 0.25) is 0 Å². The van der Waals surface area contributed by atoms with Crippen LogP contribution in [0.2, 0.25) is 23.2 Å². The van der Waals surface area contributed by atoms with Crippen molar-refractivity contribution in [1.82, 2.24) is 0 Å². The van der Waals surface area contributed by atoms with Crippen LogP contribution in [0.25, 0.3) is 6.08 Å². The van der Waals surface area contributed by atoms with E-state index in [1.54, 1.807) is 6.08 Å². The molecule has 0 unspecified atom stereocenters. The predicted octanol–water partition coefficient (Wildman–Crippen LogP) is 5.40. The first-order valence-electron chi connectivity index (χ1n) is 6.66. The van der Waals surface area contributed by atoms with E-state index in [0.717, 1.165) is 11.1 Å². The van der Waals surface area contributed by atoms with Crippen LogP contribution in [-0.4, -0.2) is 8.32 Å². The van der Waals surface area contributed by atoms with E-state index in [1.165, 1.54) is 6.08 Å². The summed E-state index contributed by atoms with van der Waals surface area (Å²) in [6.07, 6.45) is 3.23. The highest BCUT2D eigenvalue weighted by molar-refractivity contribution is 6.74. The lowest BCUT2D eigenvalue weighted by Gasteiger charge is -2.36. The maximum absolute atomic E-state index is 8.57. The third-order valence-electron chi connectivity index (χ3n) is 3.81. The number of rotatable bonds is 4. The lowest BCUT2D eigenvalue weighted by molar-refractivity contribution is 0.276. The molecule has 108 valence electrons. The maximum atomic E-state index is 8.57. The summed E-state index contributed by atoms with van der Waals surface area (Å²) >= 11 is 6.22. The summed E-state index contributed by atoms with van der Waals surface area (Å²) in [6, 6.07) is 7.71. The first kappa shape index (κ1) is 17.0. The van der Waals surface area contributed by atoms with Gasteiger partial charge in [0.15, 0.2) is 8.32 Å². The Bertz CT molecular complexity index is 538. The zero-order valence-electron chi connectivity index (χ0n) is 12.8. The van der Waals surface area contributed by atoms with Gasteiger partial charge in [-0.05, 0) is 47.5 Å². The Balaban J connectivity index is 2.88. The second kappa shape index (κ2) is 6.58. The van der Waals surface area contributed by atoms with E-state index >= 15 is 0 Å². The molecular weight excluding hydrogens is 286 g/mol. The average Bonchev–Trinajstić information content (AvgIpc) is 2.35. The zero-order chi connectivity index (χ0) is 15.4. The number of hydrogen-bond acceptors (Lipinski definition) is 2. The molecule has 1 aromatic rings. The Kier molecular flexibility index (Phi) is 5.58. The van der Waals surface area contributed by atoms with Gasteiger partial charge in [0.1, 0.15) is 0 Å². The van der Waals surface area contributed by atoms with Crippen molar-refractivity contribution in [2.45, 2.75) is 45.5 Å². The molecule has 0 saturated carbocycles. The second-order valence-corrected chi connectivity index (χ2v) is 11.6. The van der Waals surface area contributed by atoms with E-state index < -0.39 is 8.32 Å². The van der Waals surface area contributed by atoms with Crippen LogP contribution in [0.3, 0.4) is 0 Å². The van der Waals surface area contributed by atoms with Gasteiger partial charge in [-0.25, -0.2) is 0 Å². The standard InChI is InChI=1S/C16H22ClNOSi/c1-16(2,3)20(4,5)19-12-14-11-13(7-6-10-18)8-9-15(14)17/h6-9,11H,12H2,1-5H3/b7-6+. The van der Waals surface area contributed by atoms with Crippen molar-refractivity contribution in [2.75, 3.05) is 0 Å².